The molecule has 1 aromatic heterocycles. The Labute approximate surface area is 86.2 Å². The lowest BCUT2D eigenvalue weighted by Gasteiger charge is -1.93. The van der Waals surface area contributed by atoms with Crippen molar-refractivity contribution in [3.05, 3.63) is 30.1 Å². The quantitative estimate of drug-likeness (QED) is 0.646. The standard InChI is InChI=1S/C11H8N2O2/c1-13-9-5-3-2-4-8(9)12-10(13)6-7-11(14)15/h2-5H,1H3,(H,14,15). The van der Waals surface area contributed by atoms with Gasteiger partial charge in [0.25, 0.3) is 0 Å². The summed E-state index contributed by atoms with van der Waals surface area (Å²) in [4.78, 5) is 14.5. The van der Waals surface area contributed by atoms with Crippen LogP contribution in [0.3, 0.4) is 0 Å². The highest BCUT2D eigenvalue weighted by Crippen LogP contribution is 2.12. The first-order valence-corrected chi connectivity index (χ1v) is 4.35. The summed E-state index contributed by atoms with van der Waals surface area (Å²) < 4.78 is 1.77. The third-order valence-corrected chi connectivity index (χ3v) is 2.07. The zero-order valence-electron chi connectivity index (χ0n) is 8.06. The van der Waals surface area contributed by atoms with Gasteiger partial charge >= 0.3 is 5.97 Å². The number of carboxylic acid groups (broad SMARTS) is 1. The summed E-state index contributed by atoms with van der Waals surface area (Å²) in [6.45, 7) is 0. The zero-order chi connectivity index (χ0) is 10.8. The van der Waals surface area contributed by atoms with Crippen LogP contribution in [0.15, 0.2) is 24.3 Å². The van der Waals surface area contributed by atoms with Crippen molar-refractivity contribution in [2.75, 3.05) is 0 Å². The third kappa shape index (κ3) is 1.67. The Kier molecular flexibility index (Phi) is 2.14. The van der Waals surface area contributed by atoms with Gasteiger partial charge < -0.3 is 9.67 Å². The van der Waals surface area contributed by atoms with Crippen LogP contribution in [-0.4, -0.2) is 20.6 Å². The molecule has 74 valence electrons. The van der Waals surface area contributed by atoms with Crippen LogP contribution >= 0.6 is 0 Å². The van der Waals surface area contributed by atoms with Crippen LogP contribution in [0.4, 0.5) is 0 Å². The molecule has 15 heavy (non-hydrogen) atoms. The summed E-state index contributed by atoms with van der Waals surface area (Å²) >= 11 is 0. The van der Waals surface area contributed by atoms with Crippen molar-refractivity contribution >= 4 is 17.0 Å². The average Bonchev–Trinajstić information content (AvgIpc) is 2.54. The first kappa shape index (κ1) is 9.28. The molecule has 2 aromatic rings. The van der Waals surface area contributed by atoms with Gasteiger partial charge in [0.05, 0.1) is 11.0 Å². The van der Waals surface area contributed by atoms with E-state index >= 15 is 0 Å². The molecule has 0 atom stereocenters. The summed E-state index contributed by atoms with van der Waals surface area (Å²) in [6, 6.07) is 7.55. The van der Waals surface area contributed by atoms with E-state index in [1.54, 1.807) is 11.6 Å². The van der Waals surface area contributed by atoms with Crippen molar-refractivity contribution in [3.63, 3.8) is 0 Å². The summed E-state index contributed by atoms with van der Waals surface area (Å²) in [7, 11) is 1.81. The Hall–Kier alpha value is -2.28. The second-order valence-corrected chi connectivity index (χ2v) is 3.04. The van der Waals surface area contributed by atoms with Gasteiger partial charge in [0, 0.05) is 13.0 Å². The molecule has 0 saturated heterocycles. The van der Waals surface area contributed by atoms with Crippen molar-refractivity contribution in [2.45, 2.75) is 0 Å². The minimum Gasteiger partial charge on any atom is -0.472 e. The fraction of sp³-hybridized carbons (Fsp3) is 0.0909. The molecule has 1 N–H and O–H groups in total. The fourth-order valence-electron chi connectivity index (χ4n) is 1.37. The molecule has 0 bridgehead atoms. The zero-order valence-corrected chi connectivity index (χ0v) is 8.06. The van der Waals surface area contributed by atoms with Crippen molar-refractivity contribution < 1.29 is 9.90 Å². The number of aliphatic carboxylic acids is 1. The Morgan fingerprint density at radius 3 is 2.87 bits per heavy atom. The van der Waals surface area contributed by atoms with Gasteiger partial charge in [-0.25, -0.2) is 9.78 Å². The first-order chi connectivity index (χ1) is 7.18. The maximum Gasteiger partial charge on any atom is 0.382 e. The Bertz CT molecular complexity index is 587. The molecule has 4 nitrogen and oxygen atoms in total. The van der Waals surface area contributed by atoms with Crippen molar-refractivity contribution in [3.8, 4) is 11.8 Å². The van der Waals surface area contributed by atoms with E-state index in [-0.39, 0.29) is 0 Å². The minimum atomic E-state index is -1.15. The number of para-hydroxylation sites is 2. The molecule has 0 saturated carbocycles. The molecule has 0 radical (unpaired) electrons. The van der Waals surface area contributed by atoms with Gasteiger partial charge in [0.2, 0.25) is 0 Å². The number of hydrogen-bond acceptors (Lipinski definition) is 2. The molecule has 0 aliphatic carbocycles. The van der Waals surface area contributed by atoms with E-state index in [0.717, 1.165) is 11.0 Å². The van der Waals surface area contributed by atoms with Crippen molar-refractivity contribution in [1.29, 1.82) is 0 Å². The average molecular weight is 200 g/mol. The monoisotopic (exact) mass is 200 g/mol. The molecule has 1 heterocycles. The van der Waals surface area contributed by atoms with Crippen LogP contribution in [0.5, 0.6) is 0 Å². The number of hydrogen-bond donors (Lipinski definition) is 1. The topological polar surface area (TPSA) is 55.1 Å². The van der Waals surface area contributed by atoms with E-state index in [4.69, 9.17) is 5.11 Å². The van der Waals surface area contributed by atoms with Gasteiger partial charge in [-0.2, -0.15) is 0 Å². The predicted octanol–water partition coefficient (Wildman–Crippen LogP) is 1.01. The number of carboxylic acids is 1. The van der Waals surface area contributed by atoms with Gasteiger partial charge in [0.15, 0.2) is 5.82 Å². The lowest BCUT2D eigenvalue weighted by atomic mass is 10.3. The first-order valence-electron chi connectivity index (χ1n) is 4.35. The molecule has 0 aliphatic rings. The molecule has 0 fully saturated rings. The number of aromatic nitrogens is 2. The SMILES string of the molecule is Cn1c(C#CC(=O)O)nc2ccccc21. The summed E-state index contributed by atoms with van der Waals surface area (Å²) in [5.41, 5.74) is 1.75. The van der Waals surface area contributed by atoms with Crippen molar-refractivity contribution in [1.82, 2.24) is 9.55 Å². The number of rotatable bonds is 0. The molecule has 0 amide bonds. The van der Waals surface area contributed by atoms with Crippen LogP contribution < -0.4 is 0 Å². The summed E-state index contributed by atoms with van der Waals surface area (Å²) in [6.07, 6.45) is 0. The Balaban J connectivity index is 2.60. The molecular weight excluding hydrogens is 192 g/mol. The molecule has 1 aromatic carbocycles. The van der Waals surface area contributed by atoms with Gasteiger partial charge in [-0.1, -0.05) is 12.1 Å². The normalized spacial score (nSPS) is 9.67. The van der Waals surface area contributed by atoms with E-state index in [9.17, 15) is 4.79 Å². The molecule has 0 unspecified atom stereocenters. The van der Waals surface area contributed by atoms with Gasteiger partial charge in [-0.05, 0) is 18.1 Å². The lowest BCUT2D eigenvalue weighted by molar-refractivity contribution is -0.130. The molecule has 2 rings (SSSR count). The van der Waals surface area contributed by atoms with Crippen LogP contribution in [0, 0.1) is 11.8 Å². The van der Waals surface area contributed by atoms with E-state index in [0.29, 0.717) is 5.82 Å². The van der Waals surface area contributed by atoms with Crippen molar-refractivity contribution in [2.24, 2.45) is 7.05 Å². The minimum absolute atomic E-state index is 0.457. The highest BCUT2D eigenvalue weighted by atomic mass is 16.4. The van der Waals surface area contributed by atoms with Gasteiger partial charge in [-0.15, -0.1) is 0 Å². The third-order valence-electron chi connectivity index (χ3n) is 2.07. The summed E-state index contributed by atoms with van der Waals surface area (Å²) in [5.74, 6) is 3.86. The van der Waals surface area contributed by atoms with Gasteiger partial charge in [-0.3, -0.25) is 0 Å². The smallest absolute Gasteiger partial charge is 0.382 e. The van der Waals surface area contributed by atoms with Crippen LogP contribution in [0.25, 0.3) is 11.0 Å². The highest BCUT2D eigenvalue weighted by molar-refractivity contribution is 5.87. The Morgan fingerprint density at radius 1 is 1.47 bits per heavy atom. The maximum atomic E-state index is 10.3. The molecule has 0 aliphatic heterocycles. The number of fused-ring (bicyclic) bond motifs is 1. The highest BCUT2D eigenvalue weighted by Gasteiger charge is 2.03. The van der Waals surface area contributed by atoms with E-state index < -0.39 is 5.97 Å². The maximum absolute atomic E-state index is 10.3. The number of benzene rings is 1. The van der Waals surface area contributed by atoms with Crippen LogP contribution in [0.1, 0.15) is 5.82 Å². The largest absolute Gasteiger partial charge is 0.472 e. The van der Waals surface area contributed by atoms with Crippen LogP contribution in [-0.2, 0) is 11.8 Å². The van der Waals surface area contributed by atoms with Crippen LogP contribution in [0.2, 0.25) is 0 Å². The van der Waals surface area contributed by atoms with Gasteiger partial charge in [0.1, 0.15) is 0 Å². The second-order valence-electron chi connectivity index (χ2n) is 3.04. The summed E-state index contributed by atoms with van der Waals surface area (Å²) in [5, 5.41) is 8.43. The van der Waals surface area contributed by atoms with E-state index in [1.807, 2.05) is 30.2 Å². The number of carbonyl (C=O) groups is 1. The molecule has 0 spiro atoms. The number of imidazole rings is 1. The van der Waals surface area contributed by atoms with E-state index in [1.165, 1.54) is 0 Å². The lowest BCUT2D eigenvalue weighted by Crippen LogP contribution is -1.94. The Morgan fingerprint density at radius 2 is 2.20 bits per heavy atom. The van der Waals surface area contributed by atoms with E-state index in [2.05, 4.69) is 10.9 Å². The molecular formula is C11H8N2O2. The molecule has 4 heteroatoms. The predicted molar refractivity (Wildman–Crippen MR) is 55.2 cm³/mol. The number of aryl methyl sites for hydroxylation is 1. The number of nitrogens with zero attached hydrogens (tertiary/aromatic N) is 2. The fourth-order valence-corrected chi connectivity index (χ4v) is 1.37. The second kappa shape index (κ2) is 3.46.